The second-order valence-electron chi connectivity index (χ2n) is 10.9. The zero-order valence-electron chi connectivity index (χ0n) is 27.6. The van der Waals surface area contributed by atoms with Gasteiger partial charge in [-0.2, -0.15) is 11.7 Å². The minimum absolute atomic E-state index is 0. The fourth-order valence-corrected chi connectivity index (χ4v) is 5.05. The second kappa shape index (κ2) is 25.1. The average Bonchev–Trinajstić information content (AvgIpc) is 3.54. The summed E-state index contributed by atoms with van der Waals surface area (Å²) < 4.78 is 40.5. The van der Waals surface area contributed by atoms with Gasteiger partial charge in [-0.3, -0.25) is 9.59 Å². The maximum atomic E-state index is 13.4. The topological polar surface area (TPSA) is 148 Å². The summed E-state index contributed by atoms with van der Waals surface area (Å²) >= 11 is 0. The van der Waals surface area contributed by atoms with Crippen molar-refractivity contribution in [2.75, 3.05) is 92.2 Å². The zero-order chi connectivity index (χ0) is 34.4. The Bertz CT molecular complexity index is 1360. The molecule has 269 valence electrons. The number of nitriles is 1. The van der Waals surface area contributed by atoms with Crippen molar-refractivity contribution in [2.24, 2.45) is 5.92 Å². The van der Waals surface area contributed by atoms with Crippen LogP contribution in [0.4, 0.5) is 4.39 Å². The summed E-state index contributed by atoms with van der Waals surface area (Å²) in [6, 6.07) is 15.3. The smallest absolute Gasteiger partial charge is 0.264 e. The minimum atomic E-state index is -0.515. The number of rotatable bonds is 23. The molecule has 0 bridgehead atoms. The maximum absolute atomic E-state index is 13.4. The molecule has 1 fully saturated rings. The first-order valence-electron chi connectivity index (χ1n) is 15.9. The molecule has 0 aliphatic carbocycles. The van der Waals surface area contributed by atoms with Crippen molar-refractivity contribution >= 4 is 24.3 Å². The van der Waals surface area contributed by atoms with Crippen LogP contribution in [-0.4, -0.2) is 115 Å². The first kappa shape index (κ1) is 42.3. The Labute approximate surface area is 318 Å². The number of hydrogen-bond donors (Lipinski definition) is 2. The molecule has 12 nitrogen and oxygen atoms in total. The normalized spacial score (nSPS) is 15.7. The van der Waals surface area contributed by atoms with E-state index in [1.165, 1.54) is 35.2 Å². The van der Waals surface area contributed by atoms with Crippen molar-refractivity contribution in [3.63, 3.8) is 0 Å². The van der Waals surface area contributed by atoms with E-state index in [4.69, 9.17) is 23.7 Å². The van der Waals surface area contributed by atoms with Crippen LogP contribution in [0.1, 0.15) is 22.6 Å². The van der Waals surface area contributed by atoms with E-state index in [0.29, 0.717) is 84.7 Å². The molecule has 1 aliphatic heterocycles. The van der Waals surface area contributed by atoms with Crippen LogP contribution < -0.4 is 10.6 Å². The SMILES string of the molecule is Cc1cccc([C@@H]2CN(C(=O)/C(C#N)=C/c3ccc(F)cc3)C[C@H]2C(=O)NCCOCCOCCOCCOCCOCCN[C-]=O)c1.[Tb]. The van der Waals surface area contributed by atoms with Crippen LogP contribution in [-0.2, 0) is 38.1 Å². The van der Waals surface area contributed by atoms with E-state index in [-0.39, 0.29) is 69.1 Å². The van der Waals surface area contributed by atoms with Crippen LogP contribution in [0, 0.1) is 68.6 Å². The molecule has 2 N–H and O–H groups in total. The first-order valence-corrected chi connectivity index (χ1v) is 15.9. The van der Waals surface area contributed by atoms with Crippen LogP contribution in [0.2, 0.25) is 0 Å². The molecule has 1 saturated heterocycles. The van der Waals surface area contributed by atoms with Gasteiger partial charge < -0.3 is 44.0 Å². The van der Waals surface area contributed by atoms with Crippen LogP contribution in [0.15, 0.2) is 54.1 Å². The van der Waals surface area contributed by atoms with Gasteiger partial charge in [0.15, 0.2) is 0 Å². The van der Waals surface area contributed by atoms with E-state index >= 15 is 0 Å². The molecule has 0 aromatic heterocycles. The Hall–Kier alpha value is -2.90. The summed E-state index contributed by atoms with van der Waals surface area (Å²) in [5.74, 6) is -1.85. The van der Waals surface area contributed by atoms with Gasteiger partial charge in [0.2, 0.25) is 5.91 Å². The van der Waals surface area contributed by atoms with Crippen molar-refractivity contribution in [3.05, 3.63) is 76.6 Å². The van der Waals surface area contributed by atoms with E-state index in [2.05, 4.69) is 10.6 Å². The summed E-state index contributed by atoms with van der Waals surface area (Å²) in [5, 5.41) is 15.0. The van der Waals surface area contributed by atoms with Crippen molar-refractivity contribution < 1.29 is 81.1 Å². The molecule has 0 spiro atoms. The van der Waals surface area contributed by atoms with Gasteiger partial charge in [0.25, 0.3) is 5.91 Å². The van der Waals surface area contributed by atoms with E-state index in [1.807, 2.05) is 37.3 Å². The molecule has 2 aromatic rings. The van der Waals surface area contributed by atoms with Crippen molar-refractivity contribution in [1.82, 2.24) is 15.5 Å². The summed E-state index contributed by atoms with van der Waals surface area (Å²) in [7, 11) is 0. The van der Waals surface area contributed by atoms with Crippen molar-refractivity contribution in [2.45, 2.75) is 12.8 Å². The molecule has 1 aliphatic rings. The van der Waals surface area contributed by atoms with Gasteiger partial charge in [-0.05, 0) is 36.3 Å². The number of amides is 3. The second-order valence-corrected chi connectivity index (χ2v) is 10.9. The molecule has 1 heterocycles. The summed E-state index contributed by atoms with van der Waals surface area (Å²) in [4.78, 5) is 38.2. The fourth-order valence-electron chi connectivity index (χ4n) is 5.05. The molecule has 0 saturated carbocycles. The Morgan fingerprint density at radius 3 is 2.02 bits per heavy atom. The number of carbonyl (C=O) groups excluding carboxylic acids is 3. The average molecular weight is 827 g/mol. The number of hydrogen-bond acceptors (Lipinski definition) is 9. The van der Waals surface area contributed by atoms with Crippen molar-refractivity contribution in [3.8, 4) is 6.07 Å². The standard InChI is InChI=1S/C35H44FN4O8.Tb/c1-27-3-2-4-29(21-27)32-24-40(35(43)30(23-37)22-28-5-7-31(36)8-6-28)25-33(32)34(42)39-10-12-45-14-16-47-18-20-48-19-17-46-15-13-44-11-9-38-26-41;/h2-8,21-22,32-33H,9-20,24-25H2,1H3,(H,38,41)(H,39,42);/q-1;/b30-22+;/t32-,33+;/m0./s1. The van der Waals surface area contributed by atoms with E-state index < -0.39 is 17.6 Å². The van der Waals surface area contributed by atoms with Crippen LogP contribution in [0.3, 0.4) is 0 Å². The molecule has 49 heavy (non-hydrogen) atoms. The summed E-state index contributed by atoms with van der Waals surface area (Å²) in [6.07, 6.45) is 3.00. The fraction of sp³-hybridized carbons (Fsp3) is 0.486. The van der Waals surface area contributed by atoms with Gasteiger partial charge >= 0.3 is 0 Å². The third-order valence-electron chi connectivity index (χ3n) is 7.42. The predicted molar refractivity (Wildman–Crippen MR) is 175 cm³/mol. The Kier molecular flexibility index (Phi) is 21.7. The van der Waals surface area contributed by atoms with Crippen LogP contribution >= 0.6 is 0 Å². The molecule has 3 rings (SSSR count). The molecule has 1 radical (unpaired) electrons. The summed E-state index contributed by atoms with van der Waals surface area (Å²) in [5.41, 5.74) is 2.44. The number of nitrogens with zero attached hydrogens (tertiary/aromatic N) is 2. The number of likely N-dealkylation sites (tertiary alicyclic amines) is 1. The number of nitrogens with one attached hydrogen (secondary N) is 2. The Morgan fingerprint density at radius 1 is 0.898 bits per heavy atom. The largest absolute Gasteiger partial charge is 0.528 e. The molecule has 2 atom stereocenters. The first-order chi connectivity index (χ1) is 23.4. The Morgan fingerprint density at radius 2 is 1.47 bits per heavy atom. The quantitative estimate of drug-likeness (QED) is 0.0566. The van der Waals surface area contributed by atoms with E-state index in [9.17, 15) is 24.0 Å². The number of halogens is 1. The summed E-state index contributed by atoms with van der Waals surface area (Å²) in [6.45, 7) is 7.14. The molecular weight excluding hydrogens is 782 g/mol. The number of benzene rings is 2. The van der Waals surface area contributed by atoms with Crippen LogP contribution in [0.5, 0.6) is 0 Å². The van der Waals surface area contributed by atoms with Gasteiger partial charge in [0.1, 0.15) is 17.5 Å². The van der Waals surface area contributed by atoms with Gasteiger partial charge in [-0.1, -0.05) is 42.0 Å². The van der Waals surface area contributed by atoms with Gasteiger partial charge in [-0.15, -0.1) is 0 Å². The molecule has 3 amide bonds. The molecule has 0 unspecified atom stereocenters. The number of aryl methyl sites for hydroxylation is 1. The third kappa shape index (κ3) is 16.1. The molecule has 2 aromatic carbocycles. The van der Waals surface area contributed by atoms with E-state index in [0.717, 1.165) is 11.1 Å². The zero-order valence-corrected chi connectivity index (χ0v) is 29.8. The van der Waals surface area contributed by atoms with Gasteiger partial charge in [-0.25, -0.2) is 4.39 Å². The number of carbonyl (C=O) groups is 2. The van der Waals surface area contributed by atoms with E-state index in [1.54, 1.807) is 6.41 Å². The van der Waals surface area contributed by atoms with Crippen molar-refractivity contribution in [1.29, 1.82) is 5.26 Å². The number of ether oxygens (including phenoxy) is 5. The monoisotopic (exact) mass is 826 g/mol. The third-order valence-corrected chi connectivity index (χ3v) is 7.42. The van der Waals surface area contributed by atoms with Crippen LogP contribution in [0.25, 0.3) is 6.08 Å². The minimum Gasteiger partial charge on any atom is -0.528 e. The van der Waals surface area contributed by atoms with Gasteiger partial charge in [0, 0.05) is 70.7 Å². The molecular formula is C35H44FN4O8Tb-. The predicted octanol–water partition coefficient (Wildman–Crippen LogP) is 2.14. The van der Waals surface area contributed by atoms with Gasteiger partial charge in [0.05, 0.1) is 72.0 Å². The molecule has 14 heteroatoms. The maximum Gasteiger partial charge on any atom is 0.264 e. The Balaban J connectivity index is 0.00000833.